The van der Waals surface area contributed by atoms with E-state index in [0.29, 0.717) is 17.6 Å². The number of aliphatic hydroxyl groups excluding tert-OH is 1. The summed E-state index contributed by atoms with van der Waals surface area (Å²) < 4.78 is 18.9. The van der Waals surface area contributed by atoms with E-state index in [1.807, 2.05) is 17.5 Å². The Balaban J connectivity index is 1.92. The standard InChI is InChI=1S/C14H11FO2S/c15-11-5-1-3-9-7-13(17-14(9)11)12(16)8-10-4-2-6-18-10/h1-7,12,16H,8H2. The van der Waals surface area contributed by atoms with Gasteiger partial charge >= 0.3 is 0 Å². The van der Waals surface area contributed by atoms with Gasteiger partial charge in [0.05, 0.1) is 0 Å². The molecule has 92 valence electrons. The first kappa shape index (κ1) is 11.4. The van der Waals surface area contributed by atoms with Crippen molar-refractivity contribution in [2.24, 2.45) is 0 Å². The largest absolute Gasteiger partial charge is 0.455 e. The Bertz CT molecular complexity index is 658. The lowest BCUT2D eigenvalue weighted by Crippen LogP contribution is -1.98. The van der Waals surface area contributed by atoms with Crippen molar-refractivity contribution in [3.8, 4) is 0 Å². The van der Waals surface area contributed by atoms with Gasteiger partial charge < -0.3 is 9.52 Å². The van der Waals surface area contributed by atoms with Gasteiger partial charge in [0, 0.05) is 16.7 Å². The number of thiophene rings is 1. The van der Waals surface area contributed by atoms with Gasteiger partial charge in [0.15, 0.2) is 11.4 Å². The van der Waals surface area contributed by atoms with E-state index in [0.717, 1.165) is 4.88 Å². The average Bonchev–Trinajstić information content (AvgIpc) is 2.97. The number of benzene rings is 1. The highest BCUT2D eigenvalue weighted by molar-refractivity contribution is 7.09. The molecule has 3 rings (SSSR count). The number of rotatable bonds is 3. The molecule has 1 N–H and O–H groups in total. The van der Waals surface area contributed by atoms with Crippen LogP contribution in [0.15, 0.2) is 46.2 Å². The van der Waals surface area contributed by atoms with E-state index in [2.05, 4.69) is 0 Å². The molecular formula is C14H11FO2S. The summed E-state index contributed by atoms with van der Waals surface area (Å²) in [5.41, 5.74) is 0.206. The van der Waals surface area contributed by atoms with E-state index in [-0.39, 0.29) is 5.58 Å². The van der Waals surface area contributed by atoms with Gasteiger partial charge in [-0.15, -0.1) is 11.3 Å². The molecule has 1 aromatic carbocycles. The molecule has 0 amide bonds. The number of furan rings is 1. The van der Waals surface area contributed by atoms with Crippen molar-refractivity contribution in [1.82, 2.24) is 0 Å². The van der Waals surface area contributed by atoms with Crippen LogP contribution in [0.5, 0.6) is 0 Å². The van der Waals surface area contributed by atoms with Crippen LogP contribution in [0.2, 0.25) is 0 Å². The van der Waals surface area contributed by atoms with E-state index in [1.165, 1.54) is 6.07 Å². The fourth-order valence-electron chi connectivity index (χ4n) is 1.93. The van der Waals surface area contributed by atoms with Gasteiger partial charge in [0.2, 0.25) is 0 Å². The zero-order valence-electron chi connectivity index (χ0n) is 9.47. The molecule has 0 aliphatic rings. The van der Waals surface area contributed by atoms with E-state index in [4.69, 9.17) is 4.42 Å². The number of hydrogen-bond donors (Lipinski definition) is 1. The maximum Gasteiger partial charge on any atom is 0.170 e. The lowest BCUT2D eigenvalue weighted by molar-refractivity contribution is 0.153. The van der Waals surface area contributed by atoms with Crippen molar-refractivity contribution in [2.75, 3.05) is 0 Å². The Kier molecular flexibility index (Phi) is 2.89. The Morgan fingerprint density at radius 2 is 2.17 bits per heavy atom. The van der Waals surface area contributed by atoms with Gasteiger partial charge in [-0.25, -0.2) is 4.39 Å². The summed E-state index contributed by atoms with van der Waals surface area (Å²) in [4.78, 5) is 1.07. The normalized spacial score (nSPS) is 13.0. The third-order valence-corrected chi connectivity index (χ3v) is 3.72. The maximum atomic E-state index is 13.5. The molecular weight excluding hydrogens is 251 g/mol. The van der Waals surface area contributed by atoms with Crippen molar-refractivity contribution in [2.45, 2.75) is 12.5 Å². The molecule has 2 heterocycles. The number of para-hydroxylation sites is 1. The zero-order chi connectivity index (χ0) is 12.5. The monoisotopic (exact) mass is 262 g/mol. The summed E-state index contributed by atoms with van der Waals surface area (Å²) >= 11 is 1.58. The summed E-state index contributed by atoms with van der Waals surface area (Å²) in [6.45, 7) is 0. The van der Waals surface area contributed by atoms with Crippen molar-refractivity contribution >= 4 is 22.3 Å². The molecule has 1 atom stereocenters. The van der Waals surface area contributed by atoms with Gasteiger partial charge in [-0.3, -0.25) is 0 Å². The van der Waals surface area contributed by atoms with Crippen LogP contribution in [-0.4, -0.2) is 5.11 Å². The molecule has 0 bridgehead atoms. The second-order valence-corrected chi connectivity index (χ2v) is 5.14. The van der Waals surface area contributed by atoms with Crippen LogP contribution in [0.1, 0.15) is 16.7 Å². The summed E-state index contributed by atoms with van der Waals surface area (Å²) in [6.07, 6.45) is -0.255. The van der Waals surface area contributed by atoms with Crippen LogP contribution in [0.25, 0.3) is 11.0 Å². The molecule has 0 fully saturated rings. The highest BCUT2D eigenvalue weighted by Gasteiger charge is 2.16. The highest BCUT2D eigenvalue weighted by Crippen LogP contribution is 2.28. The SMILES string of the molecule is OC(Cc1cccs1)c1cc2cccc(F)c2o1. The van der Waals surface area contributed by atoms with E-state index < -0.39 is 11.9 Å². The molecule has 2 nitrogen and oxygen atoms in total. The Labute approximate surface area is 107 Å². The lowest BCUT2D eigenvalue weighted by Gasteiger charge is -2.04. The van der Waals surface area contributed by atoms with Crippen LogP contribution in [0, 0.1) is 5.82 Å². The van der Waals surface area contributed by atoms with Crippen molar-refractivity contribution < 1.29 is 13.9 Å². The molecule has 0 aliphatic carbocycles. The molecule has 1 unspecified atom stereocenters. The first-order valence-electron chi connectivity index (χ1n) is 5.62. The topological polar surface area (TPSA) is 33.4 Å². The Morgan fingerprint density at radius 1 is 1.28 bits per heavy atom. The molecule has 18 heavy (non-hydrogen) atoms. The second kappa shape index (κ2) is 4.55. The predicted molar refractivity (Wildman–Crippen MR) is 69.2 cm³/mol. The van der Waals surface area contributed by atoms with E-state index >= 15 is 0 Å². The van der Waals surface area contributed by atoms with E-state index in [1.54, 1.807) is 29.5 Å². The van der Waals surface area contributed by atoms with Gasteiger partial charge in [0.1, 0.15) is 11.9 Å². The molecule has 4 heteroatoms. The average molecular weight is 262 g/mol. The minimum absolute atomic E-state index is 0.206. The van der Waals surface area contributed by atoms with Crippen LogP contribution in [0.3, 0.4) is 0 Å². The van der Waals surface area contributed by atoms with Gasteiger partial charge in [-0.1, -0.05) is 18.2 Å². The third-order valence-electron chi connectivity index (χ3n) is 2.82. The minimum Gasteiger partial charge on any atom is -0.455 e. The number of aliphatic hydroxyl groups is 1. The Morgan fingerprint density at radius 3 is 2.89 bits per heavy atom. The van der Waals surface area contributed by atoms with Gasteiger partial charge in [-0.05, 0) is 23.6 Å². The number of halogens is 1. The molecule has 0 aliphatic heterocycles. The highest BCUT2D eigenvalue weighted by atomic mass is 32.1. The smallest absolute Gasteiger partial charge is 0.170 e. The second-order valence-electron chi connectivity index (χ2n) is 4.11. The first-order chi connectivity index (χ1) is 8.74. The molecule has 0 spiro atoms. The fourth-order valence-corrected chi connectivity index (χ4v) is 2.67. The van der Waals surface area contributed by atoms with Crippen LogP contribution in [-0.2, 0) is 6.42 Å². The van der Waals surface area contributed by atoms with Crippen LogP contribution in [0.4, 0.5) is 4.39 Å². The summed E-state index contributed by atoms with van der Waals surface area (Å²) in [5.74, 6) is 0.00516. The number of fused-ring (bicyclic) bond motifs is 1. The summed E-state index contributed by atoms with van der Waals surface area (Å²) in [6, 6.07) is 10.3. The summed E-state index contributed by atoms with van der Waals surface area (Å²) in [7, 11) is 0. The van der Waals surface area contributed by atoms with Gasteiger partial charge in [0.25, 0.3) is 0 Å². The minimum atomic E-state index is -0.740. The third kappa shape index (κ3) is 2.05. The van der Waals surface area contributed by atoms with Crippen molar-refractivity contribution in [3.05, 3.63) is 58.2 Å². The first-order valence-corrected chi connectivity index (χ1v) is 6.50. The van der Waals surface area contributed by atoms with Crippen LogP contribution < -0.4 is 0 Å². The molecule has 0 saturated carbocycles. The number of hydrogen-bond acceptors (Lipinski definition) is 3. The lowest BCUT2D eigenvalue weighted by atomic mass is 10.1. The quantitative estimate of drug-likeness (QED) is 0.776. The van der Waals surface area contributed by atoms with Crippen molar-refractivity contribution in [3.63, 3.8) is 0 Å². The van der Waals surface area contributed by atoms with E-state index in [9.17, 15) is 9.50 Å². The van der Waals surface area contributed by atoms with Gasteiger partial charge in [-0.2, -0.15) is 0 Å². The Hall–Kier alpha value is -1.65. The molecule has 3 aromatic rings. The zero-order valence-corrected chi connectivity index (χ0v) is 10.3. The summed E-state index contributed by atoms with van der Waals surface area (Å²) in [5, 5.41) is 12.7. The van der Waals surface area contributed by atoms with Crippen LogP contribution >= 0.6 is 11.3 Å². The molecule has 0 saturated heterocycles. The maximum absolute atomic E-state index is 13.5. The molecule has 0 radical (unpaired) electrons. The predicted octanol–water partition coefficient (Wildman–Crippen LogP) is 3.91. The molecule has 2 aromatic heterocycles. The fraction of sp³-hybridized carbons (Fsp3) is 0.143. The van der Waals surface area contributed by atoms with Crippen molar-refractivity contribution in [1.29, 1.82) is 0 Å².